The van der Waals surface area contributed by atoms with E-state index in [9.17, 15) is 4.79 Å². The molecule has 0 unspecified atom stereocenters. The molecule has 1 rings (SSSR count). The van der Waals surface area contributed by atoms with Gasteiger partial charge in [-0.25, -0.2) is 4.79 Å². The number of nitrogens with two attached hydrogens (primary N) is 1. The van der Waals surface area contributed by atoms with Gasteiger partial charge in [-0.2, -0.15) is 4.98 Å². The summed E-state index contributed by atoms with van der Waals surface area (Å²) in [7, 11) is 0. The molecule has 0 aliphatic heterocycles. The van der Waals surface area contributed by atoms with Gasteiger partial charge >= 0.3 is 5.69 Å². The molecule has 0 aliphatic carbocycles. The Morgan fingerprint density at radius 1 is 1.57 bits per heavy atom. The van der Waals surface area contributed by atoms with Crippen molar-refractivity contribution in [3.63, 3.8) is 0 Å². The topological polar surface area (TPSA) is 60.9 Å². The van der Waals surface area contributed by atoms with Crippen LogP contribution in [0.1, 0.15) is 32.8 Å². The van der Waals surface area contributed by atoms with Crippen molar-refractivity contribution in [1.82, 2.24) is 9.55 Å². The van der Waals surface area contributed by atoms with Gasteiger partial charge in [0.25, 0.3) is 0 Å². The van der Waals surface area contributed by atoms with Gasteiger partial charge in [0, 0.05) is 17.3 Å². The number of hydrogen-bond donors (Lipinski definition) is 1. The Labute approximate surface area is 83.8 Å². The molecule has 0 atom stereocenters. The Kier molecular flexibility index (Phi) is 2.64. The minimum atomic E-state index is -0.278. The van der Waals surface area contributed by atoms with Crippen LogP contribution >= 0.6 is 0 Å². The highest BCUT2D eigenvalue weighted by molar-refractivity contribution is 5.35. The number of aromatic nitrogens is 2. The van der Waals surface area contributed by atoms with E-state index in [2.05, 4.69) is 4.98 Å². The molecular weight excluding hydrogens is 178 g/mol. The highest BCUT2D eigenvalue weighted by atomic mass is 16.1. The zero-order valence-corrected chi connectivity index (χ0v) is 9.16. The van der Waals surface area contributed by atoms with Gasteiger partial charge in [-0.1, -0.05) is 6.92 Å². The van der Waals surface area contributed by atoms with Crippen molar-refractivity contribution in [1.29, 1.82) is 0 Å². The van der Waals surface area contributed by atoms with Gasteiger partial charge in [-0.3, -0.25) is 4.57 Å². The van der Waals surface area contributed by atoms with Crippen LogP contribution in [-0.4, -0.2) is 9.55 Å². The highest BCUT2D eigenvalue weighted by Crippen LogP contribution is 2.17. The lowest BCUT2D eigenvalue weighted by molar-refractivity contribution is 0.326. The number of aryl methyl sites for hydroxylation is 1. The third-order valence-corrected chi connectivity index (χ3v) is 2.67. The van der Waals surface area contributed by atoms with Gasteiger partial charge < -0.3 is 5.73 Å². The van der Waals surface area contributed by atoms with Crippen molar-refractivity contribution in [2.24, 2.45) is 0 Å². The van der Waals surface area contributed by atoms with Gasteiger partial charge in [-0.15, -0.1) is 0 Å². The summed E-state index contributed by atoms with van der Waals surface area (Å²) in [4.78, 5) is 15.3. The molecule has 0 saturated carbocycles. The number of anilines is 1. The predicted octanol–water partition coefficient (Wildman–Crippen LogP) is 1.28. The van der Waals surface area contributed by atoms with Crippen LogP contribution in [-0.2, 0) is 5.54 Å². The summed E-state index contributed by atoms with van der Waals surface area (Å²) in [6, 6.07) is 0. The first kappa shape index (κ1) is 10.8. The summed E-state index contributed by atoms with van der Waals surface area (Å²) in [6.45, 7) is 7.90. The van der Waals surface area contributed by atoms with Crippen LogP contribution in [0.5, 0.6) is 0 Å². The van der Waals surface area contributed by atoms with E-state index in [1.165, 1.54) is 0 Å². The van der Waals surface area contributed by atoms with E-state index in [0.29, 0.717) is 5.82 Å². The number of nitrogens with zero attached hydrogens (tertiary/aromatic N) is 2. The van der Waals surface area contributed by atoms with Gasteiger partial charge in [0.1, 0.15) is 5.82 Å². The lowest BCUT2D eigenvalue weighted by Crippen LogP contribution is -2.37. The summed E-state index contributed by atoms with van der Waals surface area (Å²) >= 11 is 0. The lowest BCUT2D eigenvalue weighted by atomic mass is 10.0. The smallest absolute Gasteiger partial charge is 0.350 e. The van der Waals surface area contributed by atoms with Crippen LogP contribution < -0.4 is 11.4 Å². The molecule has 0 aliphatic rings. The average molecular weight is 195 g/mol. The van der Waals surface area contributed by atoms with Crippen molar-refractivity contribution >= 4 is 5.82 Å². The largest absolute Gasteiger partial charge is 0.383 e. The first-order valence-corrected chi connectivity index (χ1v) is 4.74. The van der Waals surface area contributed by atoms with Crippen molar-refractivity contribution in [2.45, 2.75) is 39.7 Å². The number of hydrogen-bond acceptors (Lipinski definition) is 3. The van der Waals surface area contributed by atoms with Crippen molar-refractivity contribution in [3.8, 4) is 0 Å². The van der Waals surface area contributed by atoms with E-state index in [1.54, 1.807) is 10.8 Å². The molecule has 1 aromatic heterocycles. The van der Waals surface area contributed by atoms with E-state index in [-0.39, 0.29) is 11.2 Å². The maximum atomic E-state index is 11.6. The predicted molar refractivity (Wildman–Crippen MR) is 57.3 cm³/mol. The third kappa shape index (κ3) is 1.78. The third-order valence-electron chi connectivity index (χ3n) is 2.67. The van der Waals surface area contributed by atoms with Crippen molar-refractivity contribution < 1.29 is 0 Å². The fraction of sp³-hybridized carbons (Fsp3) is 0.600. The molecule has 0 saturated heterocycles. The maximum Gasteiger partial charge on any atom is 0.350 e. The van der Waals surface area contributed by atoms with Crippen LogP contribution in [0.15, 0.2) is 11.0 Å². The molecule has 0 bridgehead atoms. The molecule has 14 heavy (non-hydrogen) atoms. The van der Waals surface area contributed by atoms with Gasteiger partial charge in [-0.05, 0) is 27.2 Å². The molecule has 4 heteroatoms. The van der Waals surface area contributed by atoms with Gasteiger partial charge in [0.2, 0.25) is 0 Å². The first-order valence-electron chi connectivity index (χ1n) is 4.74. The van der Waals surface area contributed by atoms with E-state index in [1.807, 2.05) is 27.7 Å². The summed E-state index contributed by atoms with van der Waals surface area (Å²) in [5, 5.41) is 0. The molecule has 78 valence electrons. The second-order valence-corrected chi connectivity index (χ2v) is 4.13. The Morgan fingerprint density at radius 3 is 2.64 bits per heavy atom. The Bertz CT molecular complexity index is 393. The maximum absolute atomic E-state index is 11.6. The van der Waals surface area contributed by atoms with Crippen LogP contribution in [0.3, 0.4) is 0 Å². The molecule has 0 aromatic carbocycles. The monoisotopic (exact) mass is 195 g/mol. The van der Waals surface area contributed by atoms with Crippen LogP contribution in [0.4, 0.5) is 5.82 Å². The lowest BCUT2D eigenvalue weighted by Gasteiger charge is -2.25. The highest BCUT2D eigenvalue weighted by Gasteiger charge is 2.19. The standard InChI is InChI=1S/C10H17N3O/c1-5-10(3,4)13-6-7(2)8(11)12-9(13)14/h6H,5H2,1-4H3,(H2,11,12,14). The molecule has 0 radical (unpaired) electrons. The summed E-state index contributed by atoms with van der Waals surface area (Å²) in [6.07, 6.45) is 2.64. The van der Waals surface area contributed by atoms with Gasteiger partial charge in [0.05, 0.1) is 0 Å². The fourth-order valence-corrected chi connectivity index (χ4v) is 1.16. The summed E-state index contributed by atoms with van der Waals surface area (Å²) in [5.41, 5.74) is 5.91. The number of rotatable bonds is 2. The Morgan fingerprint density at radius 2 is 2.14 bits per heavy atom. The summed E-state index contributed by atoms with van der Waals surface area (Å²) < 4.78 is 1.64. The normalized spacial score (nSPS) is 11.7. The van der Waals surface area contributed by atoms with Gasteiger partial charge in [0.15, 0.2) is 0 Å². The molecule has 4 nitrogen and oxygen atoms in total. The van der Waals surface area contributed by atoms with Crippen molar-refractivity contribution in [3.05, 3.63) is 22.2 Å². The minimum Gasteiger partial charge on any atom is -0.383 e. The number of nitrogen functional groups attached to an aromatic ring is 1. The van der Waals surface area contributed by atoms with E-state index < -0.39 is 0 Å². The second kappa shape index (κ2) is 3.44. The fourth-order valence-electron chi connectivity index (χ4n) is 1.16. The van der Waals surface area contributed by atoms with E-state index >= 15 is 0 Å². The van der Waals surface area contributed by atoms with E-state index in [0.717, 1.165) is 12.0 Å². The van der Waals surface area contributed by atoms with Crippen molar-refractivity contribution in [2.75, 3.05) is 5.73 Å². The molecule has 0 fully saturated rings. The Balaban J connectivity index is 3.37. The molecule has 0 amide bonds. The SMILES string of the molecule is CCC(C)(C)n1cc(C)c(N)nc1=O. The van der Waals surface area contributed by atoms with Crippen LogP contribution in [0.2, 0.25) is 0 Å². The quantitative estimate of drug-likeness (QED) is 0.773. The average Bonchev–Trinajstić information content (AvgIpc) is 2.11. The molecule has 1 heterocycles. The molecule has 0 spiro atoms. The second-order valence-electron chi connectivity index (χ2n) is 4.13. The first-order chi connectivity index (χ1) is 6.38. The van der Waals surface area contributed by atoms with Crippen LogP contribution in [0.25, 0.3) is 0 Å². The zero-order valence-electron chi connectivity index (χ0n) is 9.16. The molecule has 1 aromatic rings. The van der Waals surface area contributed by atoms with E-state index in [4.69, 9.17) is 5.73 Å². The zero-order chi connectivity index (χ0) is 10.9. The summed E-state index contributed by atoms with van der Waals surface area (Å²) in [5.74, 6) is 0.318. The van der Waals surface area contributed by atoms with Crippen LogP contribution in [0, 0.1) is 6.92 Å². The minimum absolute atomic E-state index is 0.206. The molecular formula is C10H17N3O. The molecule has 2 N–H and O–H groups in total. The Hall–Kier alpha value is -1.32.